The lowest BCUT2D eigenvalue weighted by Crippen LogP contribution is -2.29. The van der Waals surface area contributed by atoms with Crippen LogP contribution in [0, 0.1) is 29.6 Å². The van der Waals surface area contributed by atoms with E-state index in [9.17, 15) is 0 Å². The Hall–Kier alpha value is -0.260. The maximum absolute atomic E-state index is 2.51. The molecule has 0 spiro atoms. The highest BCUT2D eigenvalue weighted by molar-refractivity contribution is 5.07. The van der Waals surface area contributed by atoms with Crippen molar-refractivity contribution in [2.24, 2.45) is 29.6 Å². The average Bonchev–Trinajstić information content (AvgIpc) is 2.44. The molecule has 0 aliphatic carbocycles. The molecule has 0 N–H and O–H groups in total. The van der Waals surface area contributed by atoms with E-state index in [2.05, 4.69) is 62.3 Å². The molecule has 0 aromatic heterocycles. The fourth-order valence-electron chi connectivity index (χ4n) is 3.61. The Morgan fingerprint density at radius 1 is 0.750 bits per heavy atom. The van der Waals surface area contributed by atoms with E-state index in [1.807, 2.05) is 0 Å². The monoisotopic (exact) mass is 280 g/mol. The van der Waals surface area contributed by atoms with Crippen LogP contribution in [0.25, 0.3) is 0 Å². The largest absolute Gasteiger partial charge is 0.0775 e. The van der Waals surface area contributed by atoms with E-state index in [1.165, 1.54) is 31.3 Å². The molecule has 120 valence electrons. The molecule has 0 aliphatic rings. The van der Waals surface area contributed by atoms with Gasteiger partial charge in [-0.2, -0.15) is 0 Å². The smallest absolute Gasteiger partial charge is 0.0289 e. The van der Waals surface area contributed by atoms with Gasteiger partial charge in [-0.3, -0.25) is 0 Å². The van der Waals surface area contributed by atoms with E-state index in [0.717, 1.165) is 29.6 Å². The summed E-state index contributed by atoms with van der Waals surface area (Å²) in [7, 11) is 0. The van der Waals surface area contributed by atoms with Crippen molar-refractivity contribution in [2.75, 3.05) is 0 Å². The molecule has 20 heavy (non-hydrogen) atoms. The van der Waals surface area contributed by atoms with Gasteiger partial charge in [-0.25, -0.2) is 0 Å². The lowest BCUT2D eigenvalue weighted by atomic mass is 9.69. The van der Waals surface area contributed by atoms with Crippen LogP contribution in [0.1, 0.15) is 88.0 Å². The van der Waals surface area contributed by atoms with Crippen LogP contribution in [-0.4, -0.2) is 0 Å². The van der Waals surface area contributed by atoms with Crippen LogP contribution >= 0.6 is 0 Å². The van der Waals surface area contributed by atoms with E-state index in [0.29, 0.717) is 0 Å². The van der Waals surface area contributed by atoms with Gasteiger partial charge in [0.1, 0.15) is 0 Å². The second-order valence-electron chi connectivity index (χ2n) is 7.33. The molecule has 0 bridgehead atoms. The van der Waals surface area contributed by atoms with E-state index in [4.69, 9.17) is 0 Å². The molecule has 0 saturated heterocycles. The van der Waals surface area contributed by atoms with Crippen LogP contribution in [0.15, 0.2) is 11.1 Å². The minimum Gasteiger partial charge on any atom is -0.0775 e. The lowest BCUT2D eigenvalue weighted by molar-refractivity contribution is 0.137. The van der Waals surface area contributed by atoms with Gasteiger partial charge < -0.3 is 0 Å². The molecule has 0 nitrogen and oxygen atoms in total. The third-order valence-electron chi connectivity index (χ3n) is 6.07. The van der Waals surface area contributed by atoms with Crippen LogP contribution in [0.5, 0.6) is 0 Å². The minimum absolute atomic E-state index is 0.838. The Morgan fingerprint density at radius 2 is 1.30 bits per heavy atom. The van der Waals surface area contributed by atoms with Crippen molar-refractivity contribution in [3.8, 4) is 0 Å². The quantitative estimate of drug-likeness (QED) is 0.395. The zero-order valence-corrected chi connectivity index (χ0v) is 15.7. The van der Waals surface area contributed by atoms with Crippen molar-refractivity contribution in [3.63, 3.8) is 0 Å². The topological polar surface area (TPSA) is 0 Å². The zero-order valence-electron chi connectivity index (χ0n) is 15.7. The summed E-state index contributed by atoms with van der Waals surface area (Å²) in [5.41, 5.74) is 3.12. The maximum Gasteiger partial charge on any atom is -0.0289 e. The first-order chi connectivity index (χ1) is 9.29. The highest BCUT2D eigenvalue weighted by Crippen LogP contribution is 2.38. The molecule has 5 atom stereocenters. The van der Waals surface area contributed by atoms with Crippen LogP contribution in [0.2, 0.25) is 0 Å². The number of allylic oxidation sites excluding steroid dienone is 2. The van der Waals surface area contributed by atoms with Crippen LogP contribution in [0.3, 0.4) is 0 Å². The Morgan fingerprint density at radius 3 is 1.65 bits per heavy atom. The molecule has 0 rings (SSSR count). The Labute approximate surface area is 129 Å². The highest BCUT2D eigenvalue weighted by Gasteiger charge is 2.29. The lowest BCUT2D eigenvalue weighted by Gasteiger charge is -2.37. The van der Waals surface area contributed by atoms with Gasteiger partial charge in [0.25, 0.3) is 0 Å². The van der Waals surface area contributed by atoms with Gasteiger partial charge in [-0.05, 0) is 56.8 Å². The molecule has 0 fully saturated rings. The summed E-state index contributed by atoms with van der Waals surface area (Å²) in [6, 6.07) is 0. The predicted octanol–water partition coefficient (Wildman–Crippen LogP) is 7.10. The van der Waals surface area contributed by atoms with E-state index < -0.39 is 0 Å². The molecule has 0 radical (unpaired) electrons. The highest BCUT2D eigenvalue weighted by atomic mass is 14.3. The predicted molar refractivity (Wildman–Crippen MR) is 94.0 cm³/mol. The Balaban J connectivity index is 4.97. The first-order valence-corrected chi connectivity index (χ1v) is 8.92. The van der Waals surface area contributed by atoms with Gasteiger partial charge in [0.2, 0.25) is 0 Å². The van der Waals surface area contributed by atoms with Crippen molar-refractivity contribution < 1.29 is 0 Å². The number of rotatable bonds is 9. The number of hydrogen-bond acceptors (Lipinski definition) is 0. The van der Waals surface area contributed by atoms with Gasteiger partial charge >= 0.3 is 0 Å². The molecule has 0 heteroatoms. The first-order valence-electron chi connectivity index (χ1n) is 8.92. The first kappa shape index (κ1) is 19.7. The molecule has 5 unspecified atom stereocenters. The van der Waals surface area contributed by atoms with E-state index in [-0.39, 0.29) is 0 Å². The van der Waals surface area contributed by atoms with E-state index in [1.54, 1.807) is 5.57 Å². The maximum atomic E-state index is 2.51. The second kappa shape index (κ2) is 9.64. The van der Waals surface area contributed by atoms with Gasteiger partial charge in [-0.1, -0.05) is 72.0 Å². The van der Waals surface area contributed by atoms with Gasteiger partial charge in [0.15, 0.2) is 0 Å². The van der Waals surface area contributed by atoms with Crippen molar-refractivity contribution in [2.45, 2.75) is 88.0 Å². The normalized spacial score (nSPS) is 19.1. The van der Waals surface area contributed by atoms with Gasteiger partial charge in [0, 0.05) is 0 Å². The van der Waals surface area contributed by atoms with Crippen molar-refractivity contribution in [1.82, 2.24) is 0 Å². The summed E-state index contributed by atoms with van der Waals surface area (Å²) in [5.74, 6) is 4.26. The molecule has 0 aromatic carbocycles. The molecule has 0 aromatic rings. The van der Waals surface area contributed by atoms with Gasteiger partial charge in [0.05, 0.1) is 0 Å². The summed E-state index contributed by atoms with van der Waals surface area (Å²) < 4.78 is 0. The van der Waals surface area contributed by atoms with E-state index >= 15 is 0 Å². The fourth-order valence-corrected chi connectivity index (χ4v) is 3.61. The molecular formula is C20H40. The molecule has 0 aliphatic heterocycles. The van der Waals surface area contributed by atoms with Crippen LogP contribution < -0.4 is 0 Å². The second-order valence-corrected chi connectivity index (χ2v) is 7.33. The molecule has 0 heterocycles. The fraction of sp³-hybridized carbons (Fsp3) is 0.900. The summed E-state index contributed by atoms with van der Waals surface area (Å²) >= 11 is 0. The zero-order chi connectivity index (χ0) is 15.9. The Bertz CT molecular complexity index is 282. The van der Waals surface area contributed by atoms with Crippen molar-refractivity contribution in [1.29, 1.82) is 0 Å². The van der Waals surface area contributed by atoms with Crippen molar-refractivity contribution in [3.05, 3.63) is 11.1 Å². The number of hydrogen-bond donors (Lipinski definition) is 0. The molecular weight excluding hydrogens is 240 g/mol. The van der Waals surface area contributed by atoms with Crippen LogP contribution in [0.4, 0.5) is 0 Å². The summed E-state index contributed by atoms with van der Waals surface area (Å²) in [6.45, 7) is 21.4. The van der Waals surface area contributed by atoms with Crippen molar-refractivity contribution >= 4 is 0 Å². The summed E-state index contributed by atoms with van der Waals surface area (Å²) in [4.78, 5) is 0. The summed E-state index contributed by atoms with van der Waals surface area (Å²) in [5, 5.41) is 0. The third-order valence-corrected chi connectivity index (χ3v) is 6.07. The Kier molecular flexibility index (Phi) is 9.51. The van der Waals surface area contributed by atoms with Gasteiger partial charge in [-0.15, -0.1) is 0 Å². The molecule has 0 saturated carbocycles. The van der Waals surface area contributed by atoms with Crippen LogP contribution in [-0.2, 0) is 0 Å². The minimum atomic E-state index is 0.838. The third kappa shape index (κ3) is 5.62. The molecule has 0 amide bonds. The average molecular weight is 281 g/mol. The SMILES string of the molecule is CCC(C)C(C)C(C)C(CC)C(CC)CC(C)=C(C)C. The summed E-state index contributed by atoms with van der Waals surface area (Å²) in [6.07, 6.45) is 5.26. The standard InChI is InChI=1S/C20H40/c1-10-15(6)17(8)18(9)20(12-3)19(11-2)13-16(7)14(4)5/h15,17-20H,10-13H2,1-9H3.